The van der Waals surface area contributed by atoms with Gasteiger partial charge in [-0.2, -0.15) is 0 Å². The molecule has 0 saturated carbocycles. The van der Waals surface area contributed by atoms with Crippen LogP contribution in [0.3, 0.4) is 0 Å². The Labute approximate surface area is 208 Å². The van der Waals surface area contributed by atoms with Crippen molar-refractivity contribution in [1.29, 1.82) is 0 Å². The number of carbonyl (C=O) groups excluding carboxylic acids is 1. The minimum absolute atomic E-state index is 0.0401. The molecule has 35 heavy (non-hydrogen) atoms. The van der Waals surface area contributed by atoms with Crippen LogP contribution in [-0.4, -0.2) is 29.4 Å². The second-order valence-corrected chi connectivity index (χ2v) is 8.97. The van der Waals surface area contributed by atoms with E-state index in [1.807, 2.05) is 45.0 Å². The zero-order valence-electron chi connectivity index (χ0n) is 21.0. The standard InChI is InChI=1S/C30H31N3O2/c1-6-32-29(34)28(35-30(32)31-21(2)3)20-24-13-18-27(19-14-24)33(26-16-11-23(5)12-17-26)25-9-7-8-22(4)10-15-25/h10-21H,6,8H2,1-5H3/b28-20+,31-30+. The predicted octanol–water partition coefficient (Wildman–Crippen LogP) is 6.35. The number of nitrogens with zero attached hydrogens (tertiary/aromatic N) is 3. The normalized spacial score (nSPS) is 17.7. The van der Waals surface area contributed by atoms with Crippen molar-refractivity contribution in [3.63, 3.8) is 0 Å². The predicted molar refractivity (Wildman–Crippen MR) is 143 cm³/mol. The fourth-order valence-electron chi connectivity index (χ4n) is 3.82. The van der Waals surface area contributed by atoms with E-state index in [0.29, 0.717) is 12.6 Å². The molecule has 2 aliphatic rings. The summed E-state index contributed by atoms with van der Waals surface area (Å²) in [6.07, 6.45) is 6.72. The van der Waals surface area contributed by atoms with Crippen molar-refractivity contribution >= 4 is 29.4 Å². The molecule has 0 N–H and O–H groups in total. The van der Waals surface area contributed by atoms with Gasteiger partial charge in [-0.3, -0.25) is 9.69 Å². The first kappa shape index (κ1) is 24.1. The summed E-state index contributed by atoms with van der Waals surface area (Å²) in [5.74, 6) is 6.70. The molecule has 1 aliphatic heterocycles. The Hall–Kier alpha value is -4.04. The van der Waals surface area contributed by atoms with Crippen molar-refractivity contribution in [3.05, 3.63) is 88.8 Å². The molecular formula is C30H31N3O2. The number of aryl methyl sites for hydroxylation is 1. The number of hydrogen-bond donors (Lipinski definition) is 0. The number of ether oxygens (including phenoxy) is 1. The Morgan fingerprint density at radius 2 is 1.71 bits per heavy atom. The molecule has 0 aromatic heterocycles. The van der Waals surface area contributed by atoms with Crippen molar-refractivity contribution < 1.29 is 9.53 Å². The minimum Gasteiger partial charge on any atom is -0.420 e. The number of hydrogen-bond acceptors (Lipinski definition) is 4. The van der Waals surface area contributed by atoms with Crippen LogP contribution in [0, 0.1) is 18.8 Å². The number of aliphatic imine (C=N–C) groups is 1. The van der Waals surface area contributed by atoms with Crippen molar-refractivity contribution in [2.75, 3.05) is 11.4 Å². The third kappa shape index (κ3) is 5.55. The molecule has 1 aliphatic carbocycles. The van der Waals surface area contributed by atoms with Crippen LogP contribution in [0.5, 0.6) is 0 Å². The Morgan fingerprint density at radius 3 is 2.34 bits per heavy atom. The molecule has 0 bridgehead atoms. The largest absolute Gasteiger partial charge is 0.420 e. The lowest BCUT2D eigenvalue weighted by Crippen LogP contribution is -2.30. The van der Waals surface area contributed by atoms with Crippen LogP contribution in [0.15, 0.2) is 82.7 Å². The number of amidine groups is 1. The van der Waals surface area contributed by atoms with Crippen LogP contribution in [0.4, 0.5) is 11.4 Å². The van der Waals surface area contributed by atoms with Gasteiger partial charge in [-0.25, -0.2) is 4.99 Å². The molecule has 1 fully saturated rings. The monoisotopic (exact) mass is 465 g/mol. The van der Waals surface area contributed by atoms with Gasteiger partial charge in [-0.05, 0) is 82.5 Å². The highest BCUT2D eigenvalue weighted by molar-refractivity contribution is 6.11. The first-order valence-electron chi connectivity index (χ1n) is 12.0. The third-order valence-corrected chi connectivity index (χ3v) is 5.66. The van der Waals surface area contributed by atoms with Gasteiger partial charge in [0.15, 0.2) is 5.76 Å². The average Bonchev–Trinajstić information content (AvgIpc) is 2.97. The van der Waals surface area contributed by atoms with E-state index in [9.17, 15) is 4.79 Å². The zero-order valence-corrected chi connectivity index (χ0v) is 21.0. The van der Waals surface area contributed by atoms with E-state index < -0.39 is 0 Å². The van der Waals surface area contributed by atoms with E-state index in [1.165, 1.54) is 11.1 Å². The maximum Gasteiger partial charge on any atom is 0.300 e. The number of anilines is 2. The summed E-state index contributed by atoms with van der Waals surface area (Å²) in [6.45, 7) is 10.5. The van der Waals surface area contributed by atoms with E-state index in [0.717, 1.165) is 29.1 Å². The lowest BCUT2D eigenvalue weighted by molar-refractivity contribution is -0.122. The number of benzene rings is 2. The molecule has 0 spiro atoms. The molecular weight excluding hydrogens is 434 g/mol. The summed E-state index contributed by atoms with van der Waals surface area (Å²) >= 11 is 0. The van der Waals surface area contributed by atoms with E-state index in [-0.39, 0.29) is 17.7 Å². The molecule has 0 unspecified atom stereocenters. The van der Waals surface area contributed by atoms with Crippen LogP contribution in [0.25, 0.3) is 6.08 Å². The zero-order chi connectivity index (χ0) is 24.9. The molecule has 1 saturated heterocycles. The van der Waals surface area contributed by atoms with Crippen LogP contribution in [-0.2, 0) is 9.53 Å². The van der Waals surface area contributed by atoms with Gasteiger partial charge in [0.1, 0.15) is 0 Å². The smallest absolute Gasteiger partial charge is 0.300 e. The maximum atomic E-state index is 12.8. The number of rotatable bonds is 6. The van der Waals surface area contributed by atoms with Gasteiger partial charge in [0.05, 0.1) is 5.70 Å². The number of carbonyl (C=O) groups is 1. The highest BCUT2D eigenvalue weighted by Crippen LogP contribution is 2.31. The lowest BCUT2D eigenvalue weighted by Gasteiger charge is -2.25. The first-order valence-corrected chi connectivity index (χ1v) is 12.0. The Balaban J connectivity index is 1.67. The van der Waals surface area contributed by atoms with Crippen molar-refractivity contribution in [2.24, 2.45) is 4.99 Å². The SMILES string of the molecule is CCN1C(=O)/C(=C\c2ccc(N(C3=CC=C(C)CC#C3)c3ccc(C)cc3)cc2)O/C1=N/C(C)C. The molecule has 1 heterocycles. The molecule has 178 valence electrons. The van der Waals surface area contributed by atoms with E-state index >= 15 is 0 Å². The quantitative estimate of drug-likeness (QED) is 0.369. The molecule has 2 aromatic carbocycles. The summed E-state index contributed by atoms with van der Waals surface area (Å²) in [6, 6.07) is 16.9. The lowest BCUT2D eigenvalue weighted by atomic mass is 10.1. The summed E-state index contributed by atoms with van der Waals surface area (Å²) < 4.78 is 5.81. The molecule has 2 aromatic rings. The summed E-state index contributed by atoms with van der Waals surface area (Å²) in [5, 5.41) is 0. The molecule has 0 atom stereocenters. The number of amides is 1. The molecule has 5 heteroatoms. The van der Waals surface area contributed by atoms with Gasteiger partial charge in [-0.1, -0.05) is 47.4 Å². The highest BCUT2D eigenvalue weighted by Gasteiger charge is 2.33. The Bertz CT molecular complexity index is 1280. The summed E-state index contributed by atoms with van der Waals surface area (Å²) in [5.41, 5.74) is 6.26. The van der Waals surface area contributed by atoms with E-state index in [1.54, 1.807) is 11.0 Å². The average molecular weight is 466 g/mol. The molecule has 5 nitrogen and oxygen atoms in total. The Kier molecular flexibility index (Phi) is 7.22. The fourth-order valence-corrected chi connectivity index (χ4v) is 3.82. The van der Waals surface area contributed by atoms with Crippen LogP contribution < -0.4 is 4.90 Å². The van der Waals surface area contributed by atoms with Crippen molar-refractivity contribution in [3.8, 4) is 11.8 Å². The second-order valence-electron chi connectivity index (χ2n) is 8.97. The van der Waals surface area contributed by atoms with Gasteiger partial charge in [0.25, 0.3) is 5.91 Å². The second kappa shape index (κ2) is 10.5. The van der Waals surface area contributed by atoms with Crippen molar-refractivity contribution in [1.82, 2.24) is 4.90 Å². The van der Waals surface area contributed by atoms with E-state index in [4.69, 9.17) is 4.74 Å². The van der Waals surface area contributed by atoms with Gasteiger partial charge in [0, 0.05) is 30.4 Å². The molecule has 4 rings (SSSR count). The molecule has 1 amide bonds. The van der Waals surface area contributed by atoms with Crippen LogP contribution >= 0.6 is 0 Å². The number of allylic oxidation sites excluding steroid dienone is 4. The van der Waals surface area contributed by atoms with Crippen molar-refractivity contribution in [2.45, 2.75) is 47.1 Å². The third-order valence-electron chi connectivity index (χ3n) is 5.66. The van der Waals surface area contributed by atoms with Gasteiger partial charge in [-0.15, -0.1) is 0 Å². The van der Waals surface area contributed by atoms with Crippen LogP contribution in [0.1, 0.15) is 45.2 Å². The maximum absolute atomic E-state index is 12.8. The fraction of sp³-hybridized carbons (Fsp3) is 0.267. The highest BCUT2D eigenvalue weighted by atomic mass is 16.5. The van der Waals surface area contributed by atoms with Crippen LogP contribution in [0.2, 0.25) is 0 Å². The minimum atomic E-state index is -0.168. The van der Waals surface area contributed by atoms with Gasteiger partial charge < -0.3 is 9.64 Å². The first-order chi connectivity index (χ1) is 16.9. The van der Waals surface area contributed by atoms with E-state index in [2.05, 4.69) is 72.0 Å². The molecule has 0 radical (unpaired) electrons. The topological polar surface area (TPSA) is 45.1 Å². The Morgan fingerprint density at radius 1 is 1.06 bits per heavy atom. The summed E-state index contributed by atoms with van der Waals surface area (Å²) in [7, 11) is 0. The van der Waals surface area contributed by atoms with Gasteiger partial charge in [0.2, 0.25) is 0 Å². The number of likely N-dealkylation sites (N-methyl/N-ethyl adjacent to an activating group) is 1. The summed E-state index contributed by atoms with van der Waals surface area (Å²) in [4.78, 5) is 21.0. The van der Waals surface area contributed by atoms with Gasteiger partial charge >= 0.3 is 6.02 Å².